The molecular weight excluding hydrogens is 496 g/mol. The molecular formula is C30H38N4O3S. The number of rotatable bonds is 9. The third-order valence-electron chi connectivity index (χ3n) is 7.69. The van der Waals surface area contributed by atoms with Gasteiger partial charge in [0.15, 0.2) is 0 Å². The van der Waals surface area contributed by atoms with Crippen LogP contribution in [0.25, 0.3) is 0 Å². The summed E-state index contributed by atoms with van der Waals surface area (Å²) in [6.45, 7) is 5.03. The summed E-state index contributed by atoms with van der Waals surface area (Å²) in [7, 11) is 1.66. The van der Waals surface area contributed by atoms with E-state index in [4.69, 9.17) is 9.47 Å². The number of ether oxygens (including phenoxy) is 2. The summed E-state index contributed by atoms with van der Waals surface area (Å²) < 4.78 is 12.4. The molecule has 1 aliphatic carbocycles. The van der Waals surface area contributed by atoms with Crippen molar-refractivity contribution >= 4 is 23.4 Å². The summed E-state index contributed by atoms with van der Waals surface area (Å²) in [4.78, 5) is 15.2. The van der Waals surface area contributed by atoms with Gasteiger partial charge >= 0.3 is 5.97 Å². The standard InChI is InChI=1S/C30H38N4O3S/c1-3-37-30(35)28-29(34(32-31-28)21-22-7-15-26(36-2)16-8-22)38-27-17-11-24(12-18-27)23-9-13-25(14-10-23)33-19-5-4-6-20-33/h7-10,13-16,24,27H,3-6,11-12,17-21H2,1-2H3/t24-,27-. The average Bonchev–Trinajstić information content (AvgIpc) is 3.36. The van der Waals surface area contributed by atoms with E-state index in [2.05, 4.69) is 39.5 Å². The first-order valence-electron chi connectivity index (χ1n) is 13.9. The van der Waals surface area contributed by atoms with Crippen LogP contribution in [0.1, 0.15) is 79.4 Å². The zero-order valence-electron chi connectivity index (χ0n) is 22.5. The highest BCUT2D eigenvalue weighted by Gasteiger charge is 2.28. The Morgan fingerprint density at radius 2 is 1.68 bits per heavy atom. The molecule has 3 aromatic rings. The second-order valence-corrected chi connectivity index (χ2v) is 11.5. The van der Waals surface area contributed by atoms with E-state index in [1.165, 1.54) is 43.6 Å². The summed E-state index contributed by atoms with van der Waals surface area (Å²) in [5.74, 6) is 1.000. The van der Waals surface area contributed by atoms with Crippen molar-refractivity contribution in [3.8, 4) is 5.75 Å². The van der Waals surface area contributed by atoms with Crippen LogP contribution in [0.4, 0.5) is 5.69 Å². The Kier molecular flexibility index (Phi) is 8.89. The van der Waals surface area contributed by atoms with Crippen molar-refractivity contribution in [2.45, 2.75) is 74.6 Å². The number of anilines is 1. The van der Waals surface area contributed by atoms with Crippen LogP contribution in [0, 0.1) is 0 Å². The summed E-state index contributed by atoms with van der Waals surface area (Å²) in [6.07, 6.45) is 8.45. The van der Waals surface area contributed by atoms with Crippen LogP contribution in [0.2, 0.25) is 0 Å². The van der Waals surface area contributed by atoms with Crippen molar-refractivity contribution in [1.82, 2.24) is 15.0 Å². The third kappa shape index (κ3) is 6.34. The van der Waals surface area contributed by atoms with Gasteiger partial charge in [0.05, 0.1) is 20.3 Å². The number of nitrogens with zero attached hydrogens (tertiary/aromatic N) is 4. The molecule has 2 aliphatic rings. The lowest BCUT2D eigenvalue weighted by Gasteiger charge is -2.30. The van der Waals surface area contributed by atoms with E-state index < -0.39 is 5.97 Å². The molecule has 1 saturated carbocycles. The van der Waals surface area contributed by atoms with Gasteiger partial charge in [-0.2, -0.15) is 0 Å². The summed E-state index contributed by atoms with van der Waals surface area (Å²) in [5, 5.41) is 9.79. The normalized spacial score (nSPS) is 19.8. The monoisotopic (exact) mass is 534 g/mol. The maximum Gasteiger partial charge on any atom is 0.361 e. The number of esters is 1. The number of methoxy groups -OCH3 is 1. The van der Waals surface area contributed by atoms with Gasteiger partial charge in [0, 0.05) is 24.0 Å². The second kappa shape index (κ2) is 12.7. The first-order chi connectivity index (χ1) is 18.6. The van der Waals surface area contributed by atoms with E-state index >= 15 is 0 Å². The van der Waals surface area contributed by atoms with Gasteiger partial charge in [0.1, 0.15) is 10.8 Å². The van der Waals surface area contributed by atoms with E-state index in [1.54, 1.807) is 18.9 Å². The van der Waals surface area contributed by atoms with Gasteiger partial charge in [-0.05, 0) is 93.2 Å². The second-order valence-electron chi connectivity index (χ2n) is 10.2. The van der Waals surface area contributed by atoms with E-state index in [0.29, 0.717) is 30.0 Å². The number of aromatic nitrogens is 3. The van der Waals surface area contributed by atoms with Gasteiger partial charge in [-0.3, -0.25) is 0 Å². The quantitative estimate of drug-likeness (QED) is 0.298. The third-order valence-corrected chi connectivity index (χ3v) is 9.12. The number of benzene rings is 2. The Hall–Kier alpha value is -3.00. The fourth-order valence-corrected chi connectivity index (χ4v) is 6.82. The molecule has 0 amide bonds. The molecule has 0 atom stereocenters. The van der Waals surface area contributed by atoms with Crippen LogP contribution < -0.4 is 9.64 Å². The molecule has 202 valence electrons. The summed E-state index contributed by atoms with van der Waals surface area (Å²) >= 11 is 1.73. The van der Waals surface area contributed by atoms with E-state index in [-0.39, 0.29) is 0 Å². The largest absolute Gasteiger partial charge is 0.497 e. The van der Waals surface area contributed by atoms with Crippen LogP contribution in [0.3, 0.4) is 0 Å². The Bertz CT molecular complexity index is 1180. The number of carbonyl (C=O) groups is 1. The Labute approximate surface area is 229 Å². The minimum atomic E-state index is -0.404. The van der Waals surface area contributed by atoms with Crippen molar-refractivity contribution in [2.24, 2.45) is 0 Å². The van der Waals surface area contributed by atoms with Crippen LogP contribution in [0.15, 0.2) is 53.6 Å². The first-order valence-corrected chi connectivity index (χ1v) is 14.8. The molecule has 0 unspecified atom stereocenters. The fraction of sp³-hybridized carbons (Fsp3) is 0.500. The highest BCUT2D eigenvalue weighted by Crippen LogP contribution is 2.41. The molecule has 7 nitrogen and oxygen atoms in total. The zero-order valence-corrected chi connectivity index (χ0v) is 23.3. The molecule has 2 fully saturated rings. The van der Waals surface area contributed by atoms with Crippen LogP contribution in [-0.4, -0.2) is 53.0 Å². The van der Waals surface area contributed by atoms with Gasteiger partial charge in [-0.1, -0.05) is 29.5 Å². The first kappa shape index (κ1) is 26.6. The molecule has 0 bridgehead atoms. The maximum absolute atomic E-state index is 12.7. The van der Waals surface area contributed by atoms with Crippen LogP contribution >= 0.6 is 11.8 Å². The van der Waals surface area contributed by atoms with Crippen LogP contribution in [-0.2, 0) is 11.3 Å². The lowest BCUT2D eigenvalue weighted by Crippen LogP contribution is -2.29. The molecule has 1 saturated heterocycles. The fourth-order valence-electron chi connectivity index (χ4n) is 5.54. The topological polar surface area (TPSA) is 69.5 Å². The van der Waals surface area contributed by atoms with Crippen molar-refractivity contribution in [2.75, 3.05) is 31.7 Å². The lowest BCUT2D eigenvalue weighted by molar-refractivity contribution is 0.0515. The van der Waals surface area contributed by atoms with Gasteiger partial charge in [0.25, 0.3) is 0 Å². The minimum Gasteiger partial charge on any atom is -0.497 e. The SMILES string of the molecule is CCOC(=O)c1nnn(Cc2ccc(OC)cc2)c1S[C@H]1CC[C@H](c2ccc(N3CCCCC3)cc2)CC1. The molecule has 38 heavy (non-hydrogen) atoms. The average molecular weight is 535 g/mol. The molecule has 0 radical (unpaired) electrons. The van der Waals surface area contributed by atoms with Gasteiger partial charge < -0.3 is 14.4 Å². The highest BCUT2D eigenvalue weighted by molar-refractivity contribution is 7.99. The van der Waals surface area contributed by atoms with Crippen molar-refractivity contribution in [3.05, 3.63) is 65.4 Å². The van der Waals surface area contributed by atoms with E-state index in [9.17, 15) is 4.79 Å². The Morgan fingerprint density at radius 1 is 0.974 bits per heavy atom. The number of hydrogen-bond acceptors (Lipinski definition) is 7. The van der Waals surface area contributed by atoms with E-state index in [1.807, 2.05) is 35.9 Å². The number of carbonyl (C=O) groups excluding carboxylic acids is 1. The zero-order chi connectivity index (χ0) is 26.3. The smallest absolute Gasteiger partial charge is 0.361 e. The molecule has 0 N–H and O–H groups in total. The summed E-state index contributed by atoms with van der Waals surface area (Å²) in [5.41, 5.74) is 4.21. The highest BCUT2D eigenvalue weighted by atomic mass is 32.2. The van der Waals surface area contributed by atoms with Gasteiger partial charge in [0.2, 0.25) is 5.69 Å². The van der Waals surface area contributed by atoms with E-state index in [0.717, 1.165) is 42.0 Å². The summed E-state index contributed by atoms with van der Waals surface area (Å²) in [6, 6.07) is 17.2. The maximum atomic E-state index is 12.7. The van der Waals surface area contributed by atoms with Crippen molar-refractivity contribution in [1.29, 1.82) is 0 Å². The van der Waals surface area contributed by atoms with Crippen LogP contribution in [0.5, 0.6) is 5.75 Å². The Balaban J connectivity index is 1.24. The molecule has 2 aromatic carbocycles. The molecule has 0 spiro atoms. The molecule has 1 aliphatic heterocycles. The minimum absolute atomic E-state index is 0.315. The molecule has 5 rings (SSSR count). The number of piperidine rings is 1. The van der Waals surface area contributed by atoms with Crippen molar-refractivity contribution in [3.63, 3.8) is 0 Å². The van der Waals surface area contributed by atoms with Crippen molar-refractivity contribution < 1.29 is 14.3 Å². The molecule has 2 heterocycles. The van der Waals surface area contributed by atoms with Gasteiger partial charge in [-0.25, -0.2) is 9.48 Å². The number of hydrogen-bond donors (Lipinski definition) is 0. The molecule has 8 heteroatoms. The Morgan fingerprint density at radius 3 is 2.34 bits per heavy atom. The predicted molar refractivity (Wildman–Crippen MR) is 151 cm³/mol. The lowest BCUT2D eigenvalue weighted by atomic mass is 9.84. The predicted octanol–water partition coefficient (Wildman–Crippen LogP) is 6.32. The number of thioether (sulfide) groups is 1. The molecule has 1 aromatic heterocycles. The van der Waals surface area contributed by atoms with Gasteiger partial charge in [-0.15, -0.1) is 16.9 Å².